The second-order valence-corrected chi connectivity index (χ2v) is 6.16. The lowest BCUT2D eigenvalue weighted by Gasteiger charge is -2.43. The van der Waals surface area contributed by atoms with Gasteiger partial charge in [0, 0.05) is 30.9 Å². The maximum absolute atomic E-state index is 14.7. The van der Waals surface area contributed by atoms with Gasteiger partial charge in [0.05, 0.1) is 18.8 Å². The van der Waals surface area contributed by atoms with Crippen molar-refractivity contribution in [3.63, 3.8) is 0 Å². The molecule has 1 aliphatic heterocycles. The largest absolute Gasteiger partial charge is 0.377 e. The lowest BCUT2D eigenvalue weighted by atomic mass is 10.0. The summed E-state index contributed by atoms with van der Waals surface area (Å²) in [5.41, 5.74) is 0.418. The van der Waals surface area contributed by atoms with Crippen LogP contribution in [0.3, 0.4) is 0 Å². The van der Waals surface area contributed by atoms with E-state index >= 15 is 0 Å². The van der Waals surface area contributed by atoms with Crippen molar-refractivity contribution >= 4 is 5.82 Å². The third kappa shape index (κ3) is 3.27. The van der Waals surface area contributed by atoms with E-state index in [1.165, 1.54) is 0 Å². The molecule has 1 saturated heterocycles. The highest BCUT2D eigenvalue weighted by molar-refractivity contribution is 5.46. The van der Waals surface area contributed by atoms with Crippen LogP contribution in [0.25, 0.3) is 0 Å². The molecule has 1 N–H and O–H groups in total. The number of hydrogen-bond donors (Lipinski definition) is 1. The fourth-order valence-corrected chi connectivity index (χ4v) is 2.36. The summed E-state index contributed by atoms with van der Waals surface area (Å²) in [6, 6.07) is 2.06. The topological polar surface area (TPSA) is 37.4 Å². The Hall–Kier alpha value is -1.20. The SMILES string of the molecule is CC(C)NCc1ccnc(N2CCOCC2(C)C)c1F. The van der Waals surface area contributed by atoms with E-state index in [-0.39, 0.29) is 11.4 Å². The van der Waals surface area contributed by atoms with Gasteiger partial charge >= 0.3 is 0 Å². The molecule has 0 saturated carbocycles. The Labute approximate surface area is 120 Å². The summed E-state index contributed by atoms with van der Waals surface area (Å²) in [5.74, 6) is 0.206. The molecule has 4 nitrogen and oxygen atoms in total. The predicted octanol–water partition coefficient (Wildman–Crippen LogP) is 2.33. The van der Waals surface area contributed by atoms with Gasteiger partial charge in [-0.15, -0.1) is 0 Å². The maximum Gasteiger partial charge on any atom is 0.170 e. The van der Waals surface area contributed by atoms with Crippen LogP contribution in [0.2, 0.25) is 0 Å². The van der Waals surface area contributed by atoms with Gasteiger partial charge in [-0.25, -0.2) is 9.37 Å². The van der Waals surface area contributed by atoms with Crippen molar-refractivity contribution in [2.24, 2.45) is 0 Å². The number of halogens is 1. The van der Waals surface area contributed by atoms with Gasteiger partial charge in [0.2, 0.25) is 0 Å². The third-order valence-electron chi connectivity index (χ3n) is 3.55. The van der Waals surface area contributed by atoms with E-state index in [1.807, 2.05) is 32.6 Å². The highest BCUT2D eigenvalue weighted by Gasteiger charge is 2.33. The number of hydrogen-bond acceptors (Lipinski definition) is 4. The Kier molecular flexibility index (Phi) is 4.60. The molecule has 1 aliphatic rings. The molecular weight excluding hydrogens is 257 g/mol. The lowest BCUT2D eigenvalue weighted by molar-refractivity contribution is 0.0634. The monoisotopic (exact) mass is 281 g/mol. The van der Waals surface area contributed by atoms with E-state index in [1.54, 1.807) is 12.3 Å². The maximum atomic E-state index is 14.7. The first kappa shape index (κ1) is 15.2. The summed E-state index contributed by atoms with van der Waals surface area (Å²) in [4.78, 5) is 6.26. The number of ether oxygens (including phenoxy) is 1. The second kappa shape index (κ2) is 6.06. The number of aromatic nitrogens is 1. The Morgan fingerprint density at radius 2 is 2.25 bits per heavy atom. The van der Waals surface area contributed by atoms with Crippen molar-refractivity contribution in [3.8, 4) is 0 Å². The first-order chi connectivity index (χ1) is 9.42. The molecule has 0 unspecified atom stereocenters. The smallest absolute Gasteiger partial charge is 0.170 e. The molecule has 20 heavy (non-hydrogen) atoms. The Balaban J connectivity index is 2.25. The molecule has 2 rings (SSSR count). The summed E-state index contributed by atoms with van der Waals surface area (Å²) < 4.78 is 20.1. The van der Waals surface area contributed by atoms with E-state index in [2.05, 4.69) is 10.3 Å². The van der Waals surface area contributed by atoms with Crippen LogP contribution >= 0.6 is 0 Å². The Morgan fingerprint density at radius 1 is 1.50 bits per heavy atom. The van der Waals surface area contributed by atoms with Crippen molar-refractivity contribution in [2.75, 3.05) is 24.7 Å². The quantitative estimate of drug-likeness (QED) is 0.919. The molecule has 1 fully saturated rings. The van der Waals surface area contributed by atoms with Crippen LogP contribution in [0.5, 0.6) is 0 Å². The average molecular weight is 281 g/mol. The highest BCUT2D eigenvalue weighted by Crippen LogP contribution is 2.28. The van der Waals surface area contributed by atoms with E-state index < -0.39 is 0 Å². The zero-order valence-electron chi connectivity index (χ0n) is 12.7. The number of nitrogens with zero attached hydrogens (tertiary/aromatic N) is 2. The third-order valence-corrected chi connectivity index (χ3v) is 3.55. The normalized spacial score (nSPS) is 18.6. The molecule has 112 valence electrons. The van der Waals surface area contributed by atoms with E-state index in [4.69, 9.17) is 4.74 Å². The zero-order chi connectivity index (χ0) is 14.8. The van der Waals surface area contributed by atoms with Crippen LogP contribution in [0.15, 0.2) is 12.3 Å². The van der Waals surface area contributed by atoms with Gasteiger partial charge in [-0.2, -0.15) is 0 Å². The fourth-order valence-electron chi connectivity index (χ4n) is 2.36. The van der Waals surface area contributed by atoms with Gasteiger partial charge in [-0.05, 0) is 19.9 Å². The summed E-state index contributed by atoms with van der Waals surface area (Å²) in [7, 11) is 0. The first-order valence-corrected chi connectivity index (χ1v) is 7.14. The van der Waals surface area contributed by atoms with Crippen molar-refractivity contribution < 1.29 is 9.13 Å². The number of pyridine rings is 1. The summed E-state index contributed by atoms with van der Waals surface area (Å²) in [6.45, 7) is 10.6. The molecule has 0 aromatic carbocycles. The lowest BCUT2D eigenvalue weighted by Crippen LogP contribution is -2.54. The minimum atomic E-state index is -0.240. The Bertz CT molecular complexity index is 462. The van der Waals surface area contributed by atoms with Crippen LogP contribution < -0.4 is 10.2 Å². The predicted molar refractivity (Wildman–Crippen MR) is 78.4 cm³/mol. The van der Waals surface area contributed by atoms with Crippen LogP contribution in [0.1, 0.15) is 33.3 Å². The molecule has 0 amide bonds. The first-order valence-electron chi connectivity index (χ1n) is 7.14. The van der Waals surface area contributed by atoms with Crippen molar-refractivity contribution in [2.45, 2.75) is 45.8 Å². The average Bonchev–Trinajstić information content (AvgIpc) is 2.37. The van der Waals surface area contributed by atoms with Crippen LogP contribution in [-0.4, -0.2) is 36.3 Å². The molecule has 0 spiro atoms. The van der Waals surface area contributed by atoms with Crippen LogP contribution in [0.4, 0.5) is 10.2 Å². The standard InChI is InChI=1S/C15H24FN3O/c1-11(2)18-9-12-5-6-17-14(13(12)16)19-7-8-20-10-15(19,3)4/h5-6,11,18H,7-10H2,1-4H3. The minimum Gasteiger partial charge on any atom is -0.377 e. The molecule has 0 aliphatic carbocycles. The number of rotatable bonds is 4. The molecule has 1 aromatic heterocycles. The van der Waals surface area contributed by atoms with Crippen LogP contribution in [-0.2, 0) is 11.3 Å². The van der Waals surface area contributed by atoms with Gasteiger partial charge in [0.25, 0.3) is 0 Å². The van der Waals surface area contributed by atoms with Gasteiger partial charge < -0.3 is 15.0 Å². The molecule has 1 aromatic rings. The molecule has 5 heteroatoms. The van der Waals surface area contributed by atoms with Gasteiger partial charge in [-0.3, -0.25) is 0 Å². The number of nitrogens with one attached hydrogen (secondary N) is 1. The Morgan fingerprint density at radius 3 is 2.90 bits per heavy atom. The number of morpholine rings is 1. The van der Waals surface area contributed by atoms with E-state index in [9.17, 15) is 4.39 Å². The molecule has 0 radical (unpaired) electrons. The molecule has 0 bridgehead atoms. The van der Waals surface area contributed by atoms with Crippen molar-refractivity contribution in [3.05, 3.63) is 23.6 Å². The van der Waals surface area contributed by atoms with Gasteiger partial charge in [0.15, 0.2) is 11.6 Å². The highest BCUT2D eigenvalue weighted by atomic mass is 19.1. The van der Waals surface area contributed by atoms with Crippen molar-refractivity contribution in [1.29, 1.82) is 0 Å². The zero-order valence-corrected chi connectivity index (χ0v) is 12.7. The van der Waals surface area contributed by atoms with E-state index in [0.29, 0.717) is 43.7 Å². The molecule has 2 heterocycles. The van der Waals surface area contributed by atoms with Crippen LogP contribution in [0, 0.1) is 5.82 Å². The fraction of sp³-hybridized carbons (Fsp3) is 0.667. The number of anilines is 1. The van der Waals surface area contributed by atoms with Gasteiger partial charge in [0.1, 0.15) is 0 Å². The molecular formula is C15H24FN3O. The minimum absolute atomic E-state index is 0.226. The van der Waals surface area contributed by atoms with Crippen molar-refractivity contribution in [1.82, 2.24) is 10.3 Å². The summed E-state index contributed by atoms with van der Waals surface area (Å²) in [5, 5.41) is 3.24. The van der Waals surface area contributed by atoms with E-state index in [0.717, 1.165) is 0 Å². The second-order valence-electron chi connectivity index (χ2n) is 6.16. The van der Waals surface area contributed by atoms with Gasteiger partial charge in [-0.1, -0.05) is 13.8 Å². The summed E-state index contributed by atoms with van der Waals surface area (Å²) >= 11 is 0. The molecule has 0 atom stereocenters. The summed E-state index contributed by atoms with van der Waals surface area (Å²) in [6.07, 6.45) is 1.68.